The molecule has 3 heteroatoms. The van der Waals surface area contributed by atoms with Gasteiger partial charge in [0.15, 0.2) is 0 Å². The van der Waals surface area contributed by atoms with Crippen molar-refractivity contribution in [3.8, 4) is 0 Å². The second kappa shape index (κ2) is 4.69. The lowest BCUT2D eigenvalue weighted by Gasteiger charge is -2.13. The van der Waals surface area contributed by atoms with E-state index in [1.165, 1.54) is 17.5 Å². The molecule has 4 unspecified atom stereocenters. The first-order chi connectivity index (χ1) is 8.68. The van der Waals surface area contributed by atoms with E-state index in [4.69, 9.17) is 0 Å². The maximum absolute atomic E-state index is 12.2. The van der Waals surface area contributed by atoms with Crippen molar-refractivity contribution in [1.82, 2.24) is 5.32 Å². The number of carbonyl (C=O) groups excluding carboxylic acids is 1. The molecular formula is C15H18BrNO. The van der Waals surface area contributed by atoms with Gasteiger partial charge in [-0.05, 0) is 35.8 Å². The molecule has 2 aliphatic rings. The first kappa shape index (κ1) is 12.2. The van der Waals surface area contributed by atoms with Gasteiger partial charge in [-0.25, -0.2) is 0 Å². The molecule has 0 radical (unpaired) electrons. The van der Waals surface area contributed by atoms with Gasteiger partial charge in [-0.1, -0.05) is 47.1 Å². The first-order valence-corrected chi connectivity index (χ1v) is 7.59. The fourth-order valence-corrected chi connectivity index (χ4v) is 3.44. The molecule has 1 saturated carbocycles. The van der Waals surface area contributed by atoms with Gasteiger partial charge in [0.1, 0.15) is 0 Å². The zero-order chi connectivity index (χ0) is 12.7. The van der Waals surface area contributed by atoms with Crippen molar-refractivity contribution in [2.75, 3.05) is 6.54 Å². The zero-order valence-corrected chi connectivity index (χ0v) is 12.1. The lowest BCUT2D eigenvalue weighted by atomic mass is 9.92. The topological polar surface area (TPSA) is 29.1 Å². The van der Waals surface area contributed by atoms with E-state index < -0.39 is 0 Å². The first-order valence-electron chi connectivity index (χ1n) is 6.68. The van der Waals surface area contributed by atoms with Crippen LogP contribution in [0.4, 0.5) is 0 Å². The molecule has 1 fully saturated rings. The molecule has 0 aromatic heterocycles. The summed E-state index contributed by atoms with van der Waals surface area (Å²) in [6.07, 6.45) is 2.31. The van der Waals surface area contributed by atoms with Crippen LogP contribution in [-0.2, 0) is 11.2 Å². The van der Waals surface area contributed by atoms with Gasteiger partial charge in [0.05, 0.1) is 0 Å². The molecule has 2 nitrogen and oxygen atoms in total. The molecule has 2 aliphatic carbocycles. The summed E-state index contributed by atoms with van der Waals surface area (Å²) in [4.78, 5) is 12.5. The molecule has 0 bridgehead atoms. The van der Waals surface area contributed by atoms with E-state index >= 15 is 0 Å². The van der Waals surface area contributed by atoms with Gasteiger partial charge in [-0.15, -0.1) is 0 Å². The minimum Gasteiger partial charge on any atom is -0.355 e. The molecule has 96 valence electrons. The third-order valence-electron chi connectivity index (χ3n) is 4.19. The van der Waals surface area contributed by atoms with Crippen molar-refractivity contribution in [1.29, 1.82) is 0 Å². The van der Waals surface area contributed by atoms with Gasteiger partial charge in [0.25, 0.3) is 0 Å². The largest absolute Gasteiger partial charge is 0.355 e. The van der Waals surface area contributed by atoms with Crippen molar-refractivity contribution >= 4 is 21.8 Å². The molecule has 1 amide bonds. The van der Waals surface area contributed by atoms with Crippen LogP contribution >= 0.6 is 15.9 Å². The number of halogens is 1. The summed E-state index contributed by atoms with van der Waals surface area (Å²) in [6, 6.07) is 8.60. The van der Waals surface area contributed by atoms with Crippen molar-refractivity contribution in [2.45, 2.75) is 30.5 Å². The summed E-state index contributed by atoms with van der Waals surface area (Å²) in [5, 5.41) is 3.05. The highest BCUT2D eigenvalue weighted by Crippen LogP contribution is 2.59. The maximum atomic E-state index is 12.2. The van der Waals surface area contributed by atoms with Gasteiger partial charge in [0, 0.05) is 17.3 Å². The fourth-order valence-electron chi connectivity index (χ4n) is 3.28. The Kier molecular flexibility index (Phi) is 3.18. The number of nitrogens with one attached hydrogen (secondary N) is 1. The minimum absolute atomic E-state index is 0.222. The van der Waals surface area contributed by atoms with Crippen molar-refractivity contribution in [3.05, 3.63) is 35.4 Å². The van der Waals surface area contributed by atoms with Crippen LogP contribution in [0.25, 0.3) is 0 Å². The average Bonchev–Trinajstić information content (AvgIpc) is 3.10. The van der Waals surface area contributed by atoms with Crippen molar-refractivity contribution < 1.29 is 4.79 Å². The molecule has 1 aromatic carbocycles. The second-order valence-corrected chi connectivity index (χ2v) is 7.04. The van der Waals surface area contributed by atoms with Crippen LogP contribution in [0.2, 0.25) is 0 Å². The van der Waals surface area contributed by atoms with Crippen LogP contribution in [0.15, 0.2) is 24.3 Å². The van der Waals surface area contributed by atoms with Gasteiger partial charge in [-0.2, -0.15) is 0 Å². The number of rotatable bonds is 3. The number of fused-ring (bicyclic) bond motifs is 3. The lowest BCUT2D eigenvalue weighted by molar-refractivity contribution is -0.122. The van der Waals surface area contributed by atoms with E-state index in [0.29, 0.717) is 16.7 Å². The summed E-state index contributed by atoms with van der Waals surface area (Å²) in [5.74, 6) is 1.54. The Hall–Kier alpha value is -0.830. The number of aryl methyl sites for hydroxylation is 1. The summed E-state index contributed by atoms with van der Waals surface area (Å²) in [5.41, 5.74) is 2.86. The summed E-state index contributed by atoms with van der Waals surface area (Å²) in [7, 11) is 0. The highest BCUT2D eigenvalue weighted by atomic mass is 79.9. The zero-order valence-electron chi connectivity index (χ0n) is 10.5. The van der Waals surface area contributed by atoms with Crippen LogP contribution in [0.3, 0.4) is 0 Å². The Morgan fingerprint density at radius 2 is 2.28 bits per heavy atom. The highest BCUT2D eigenvalue weighted by molar-refractivity contribution is 9.09. The predicted molar refractivity (Wildman–Crippen MR) is 75.9 cm³/mol. The number of benzene rings is 1. The molecule has 3 rings (SSSR count). The Bertz CT molecular complexity index is 471. The molecule has 0 saturated heterocycles. The van der Waals surface area contributed by atoms with Crippen molar-refractivity contribution in [3.63, 3.8) is 0 Å². The van der Waals surface area contributed by atoms with E-state index in [-0.39, 0.29) is 11.8 Å². The number of alkyl halides is 1. The molecule has 0 aliphatic heterocycles. The van der Waals surface area contributed by atoms with Gasteiger partial charge < -0.3 is 5.32 Å². The van der Waals surface area contributed by atoms with Crippen LogP contribution in [0.5, 0.6) is 0 Å². The Morgan fingerprint density at radius 3 is 3.06 bits per heavy atom. The quantitative estimate of drug-likeness (QED) is 0.855. The monoisotopic (exact) mass is 307 g/mol. The van der Waals surface area contributed by atoms with E-state index in [0.717, 1.165) is 13.0 Å². The molecular weight excluding hydrogens is 290 g/mol. The summed E-state index contributed by atoms with van der Waals surface area (Å²) in [6.45, 7) is 2.77. The predicted octanol–water partition coefficient (Wildman–Crippen LogP) is 2.86. The van der Waals surface area contributed by atoms with Crippen LogP contribution in [0, 0.1) is 11.8 Å². The Labute approximate surface area is 116 Å². The molecule has 0 spiro atoms. The van der Waals surface area contributed by atoms with E-state index in [2.05, 4.69) is 52.4 Å². The van der Waals surface area contributed by atoms with Crippen molar-refractivity contribution in [2.24, 2.45) is 11.8 Å². The maximum Gasteiger partial charge on any atom is 0.224 e. The normalized spacial score (nSPS) is 30.0. The number of carbonyl (C=O) groups is 1. The SMILES string of the molecule is CC(Br)CNC(=O)C1C2CCc3ccccc3C21. The van der Waals surface area contributed by atoms with Crippen LogP contribution in [-0.4, -0.2) is 17.3 Å². The third-order valence-corrected chi connectivity index (χ3v) is 4.51. The number of hydrogen-bond acceptors (Lipinski definition) is 1. The van der Waals surface area contributed by atoms with E-state index in [1.54, 1.807) is 0 Å². The standard InChI is InChI=1S/C15H18BrNO/c1-9(16)8-17-15(18)14-12-7-6-10-4-2-3-5-11(10)13(12)14/h2-5,9,12-14H,6-8H2,1H3,(H,17,18). The molecule has 18 heavy (non-hydrogen) atoms. The van der Waals surface area contributed by atoms with E-state index in [1.807, 2.05) is 0 Å². The summed E-state index contributed by atoms with van der Waals surface area (Å²) >= 11 is 3.46. The summed E-state index contributed by atoms with van der Waals surface area (Å²) < 4.78 is 0. The second-order valence-electron chi connectivity index (χ2n) is 5.48. The lowest BCUT2D eigenvalue weighted by Crippen LogP contribution is -2.30. The van der Waals surface area contributed by atoms with Gasteiger partial charge >= 0.3 is 0 Å². The Morgan fingerprint density at radius 1 is 1.50 bits per heavy atom. The van der Waals surface area contributed by atoms with Gasteiger partial charge in [-0.3, -0.25) is 4.79 Å². The van der Waals surface area contributed by atoms with Crippen LogP contribution < -0.4 is 5.32 Å². The smallest absolute Gasteiger partial charge is 0.224 e. The Balaban J connectivity index is 1.71. The van der Waals surface area contributed by atoms with Crippen LogP contribution in [0.1, 0.15) is 30.4 Å². The number of amides is 1. The molecule has 1 aromatic rings. The van der Waals surface area contributed by atoms with Gasteiger partial charge in [0.2, 0.25) is 5.91 Å². The highest BCUT2D eigenvalue weighted by Gasteiger charge is 2.56. The molecule has 0 heterocycles. The van der Waals surface area contributed by atoms with E-state index in [9.17, 15) is 4.79 Å². The average molecular weight is 308 g/mol. The fraction of sp³-hybridized carbons (Fsp3) is 0.533. The number of hydrogen-bond donors (Lipinski definition) is 1. The molecule has 1 N–H and O–H groups in total. The molecule has 4 atom stereocenters. The third kappa shape index (κ3) is 2.09. The minimum atomic E-state index is 0.222.